The molecular weight excluding hydrogens is 412 g/mol. The molecule has 7 nitrogen and oxygen atoms in total. The van der Waals surface area contributed by atoms with Crippen LogP contribution in [0.5, 0.6) is 5.75 Å². The predicted molar refractivity (Wildman–Crippen MR) is 124 cm³/mol. The Morgan fingerprint density at radius 2 is 1.90 bits per heavy atom. The molecule has 1 fully saturated rings. The summed E-state index contributed by atoms with van der Waals surface area (Å²) in [5.41, 5.74) is 8.38. The Kier molecular flexibility index (Phi) is 6.48. The number of carbonyl (C=O) groups excluding carboxylic acids is 2. The molecule has 0 saturated carbocycles. The molecule has 1 saturated heterocycles. The van der Waals surface area contributed by atoms with Crippen molar-refractivity contribution in [1.29, 1.82) is 0 Å². The van der Waals surface area contributed by atoms with Gasteiger partial charge in [0.05, 0.1) is 19.2 Å². The number of hydrogen-bond acceptors (Lipinski definition) is 6. The average molecular weight is 443 g/mol. The summed E-state index contributed by atoms with van der Waals surface area (Å²) in [5, 5.41) is 3.60. The van der Waals surface area contributed by atoms with Crippen LogP contribution >= 0.6 is 11.3 Å². The number of nitrogens with two attached hydrogens (primary N) is 1. The first-order valence-corrected chi connectivity index (χ1v) is 11.6. The number of ether oxygens (including phenoxy) is 1. The van der Waals surface area contributed by atoms with Crippen molar-refractivity contribution < 1.29 is 14.3 Å². The number of benzene rings is 1. The fraction of sp³-hybridized carbons (Fsp3) is 0.478. The summed E-state index contributed by atoms with van der Waals surface area (Å²) in [6.07, 6.45) is 2.85. The molecule has 1 aromatic carbocycles. The van der Waals surface area contributed by atoms with Gasteiger partial charge in [0, 0.05) is 36.7 Å². The smallest absolute Gasteiger partial charge is 0.251 e. The molecule has 1 unspecified atom stereocenters. The molecule has 1 atom stereocenters. The number of anilines is 2. The van der Waals surface area contributed by atoms with E-state index in [1.165, 1.54) is 16.2 Å². The van der Waals surface area contributed by atoms with Crippen molar-refractivity contribution in [2.75, 3.05) is 50.1 Å². The normalized spacial score (nSPS) is 19.0. The topological polar surface area (TPSA) is 87.9 Å². The fourth-order valence-corrected chi connectivity index (χ4v) is 5.86. The van der Waals surface area contributed by atoms with Gasteiger partial charge in [-0.25, -0.2) is 0 Å². The minimum Gasteiger partial charge on any atom is -0.497 e. The quantitative estimate of drug-likeness (QED) is 0.718. The average Bonchev–Trinajstić information content (AvgIpc) is 3.11. The van der Waals surface area contributed by atoms with Crippen molar-refractivity contribution >= 4 is 33.8 Å². The molecular formula is C23H30N4O3S. The zero-order valence-corrected chi connectivity index (χ0v) is 19.0. The first-order valence-electron chi connectivity index (χ1n) is 10.8. The number of fused-ring (bicyclic) bond motifs is 1. The lowest BCUT2D eigenvalue weighted by Gasteiger charge is -2.35. The Hall–Kier alpha value is -2.58. The summed E-state index contributed by atoms with van der Waals surface area (Å²) < 4.78 is 5.22. The fourth-order valence-electron chi connectivity index (χ4n) is 4.43. The molecule has 166 valence electrons. The van der Waals surface area contributed by atoms with Gasteiger partial charge in [-0.1, -0.05) is 6.92 Å². The molecule has 2 heterocycles. The van der Waals surface area contributed by atoms with Crippen LogP contribution < -0.4 is 20.7 Å². The molecule has 2 aromatic rings. The van der Waals surface area contributed by atoms with Crippen LogP contribution in [-0.2, 0) is 17.6 Å². The molecule has 0 radical (unpaired) electrons. The predicted octanol–water partition coefficient (Wildman–Crippen LogP) is 2.74. The molecule has 2 aliphatic rings. The maximum Gasteiger partial charge on any atom is 0.251 e. The first kappa shape index (κ1) is 21.6. The van der Waals surface area contributed by atoms with Gasteiger partial charge in [-0.2, -0.15) is 0 Å². The zero-order valence-electron chi connectivity index (χ0n) is 18.1. The monoisotopic (exact) mass is 442 g/mol. The van der Waals surface area contributed by atoms with E-state index in [1.807, 2.05) is 12.1 Å². The summed E-state index contributed by atoms with van der Waals surface area (Å²) >= 11 is 1.52. The van der Waals surface area contributed by atoms with Gasteiger partial charge in [0.15, 0.2) is 0 Å². The van der Waals surface area contributed by atoms with Crippen LogP contribution in [0.3, 0.4) is 0 Å². The van der Waals surface area contributed by atoms with E-state index in [4.69, 9.17) is 10.5 Å². The molecule has 3 N–H and O–H groups in total. The van der Waals surface area contributed by atoms with Crippen LogP contribution in [0.15, 0.2) is 24.3 Å². The lowest BCUT2D eigenvalue weighted by Crippen LogP contribution is -2.48. The second-order valence-electron chi connectivity index (χ2n) is 8.43. The van der Waals surface area contributed by atoms with Crippen LogP contribution in [0.1, 0.15) is 34.1 Å². The Bertz CT molecular complexity index is 948. The van der Waals surface area contributed by atoms with E-state index in [-0.39, 0.29) is 5.91 Å². The third-order valence-electron chi connectivity index (χ3n) is 6.19. The molecule has 0 bridgehead atoms. The number of hydrogen-bond donors (Lipinski definition) is 2. The summed E-state index contributed by atoms with van der Waals surface area (Å²) in [7, 11) is 1.66. The number of thiophene rings is 1. The summed E-state index contributed by atoms with van der Waals surface area (Å²) in [6.45, 7) is 5.86. The number of amides is 2. The maximum absolute atomic E-state index is 12.7. The van der Waals surface area contributed by atoms with E-state index in [1.54, 1.807) is 7.11 Å². The highest BCUT2D eigenvalue weighted by Gasteiger charge is 2.28. The molecule has 31 heavy (non-hydrogen) atoms. The number of primary amides is 1. The van der Waals surface area contributed by atoms with Gasteiger partial charge in [-0.3, -0.25) is 14.5 Å². The van der Waals surface area contributed by atoms with Gasteiger partial charge >= 0.3 is 0 Å². The van der Waals surface area contributed by atoms with Crippen molar-refractivity contribution in [3.05, 3.63) is 40.3 Å². The molecule has 0 spiro atoms. The van der Waals surface area contributed by atoms with Gasteiger partial charge in [-0.15, -0.1) is 11.3 Å². The standard InChI is InChI=1S/C23H30N4O3S/c1-15-3-8-18-19(13-15)31-23(21(18)22(24)29)25-20(28)14-26-9-11-27(12-10-26)16-4-6-17(30-2)7-5-16/h4-7,15H,3,8-14H2,1-2H3,(H2,24,29)(H,25,28). The highest BCUT2D eigenvalue weighted by molar-refractivity contribution is 7.17. The van der Waals surface area contributed by atoms with Crippen LogP contribution in [0.2, 0.25) is 0 Å². The van der Waals surface area contributed by atoms with Gasteiger partial charge in [0.1, 0.15) is 10.8 Å². The number of nitrogens with zero attached hydrogens (tertiary/aromatic N) is 2. The molecule has 1 aliphatic carbocycles. The lowest BCUT2D eigenvalue weighted by molar-refractivity contribution is -0.117. The number of piperazine rings is 1. The molecule has 8 heteroatoms. The molecule has 1 aliphatic heterocycles. The first-order chi connectivity index (χ1) is 14.9. The van der Waals surface area contributed by atoms with Crippen LogP contribution in [-0.4, -0.2) is 56.5 Å². The SMILES string of the molecule is COc1ccc(N2CCN(CC(=O)Nc3sc4c(c3C(N)=O)CCC(C)C4)CC2)cc1. The number of rotatable bonds is 6. The minimum atomic E-state index is -0.449. The highest BCUT2D eigenvalue weighted by atomic mass is 32.1. The van der Waals surface area contributed by atoms with Gasteiger partial charge in [-0.05, 0) is 55.0 Å². The van der Waals surface area contributed by atoms with Gasteiger partial charge < -0.3 is 20.7 Å². The number of carbonyl (C=O) groups is 2. The van der Waals surface area contributed by atoms with Crippen LogP contribution in [0.25, 0.3) is 0 Å². The Labute approximate surface area is 187 Å². The molecule has 4 rings (SSSR count). The van der Waals surface area contributed by atoms with E-state index in [2.05, 4.69) is 34.2 Å². The van der Waals surface area contributed by atoms with Crippen molar-refractivity contribution in [2.24, 2.45) is 11.7 Å². The third-order valence-corrected chi connectivity index (χ3v) is 7.36. The summed E-state index contributed by atoms with van der Waals surface area (Å²) in [5.74, 6) is 0.902. The number of methoxy groups -OCH3 is 1. The van der Waals surface area contributed by atoms with E-state index in [0.29, 0.717) is 23.0 Å². The Balaban J connectivity index is 1.34. The Morgan fingerprint density at radius 3 is 2.55 bits per heavy atom. The third kappa shape index (κ3) is 4.85. The summed E-state index contributed by atoms with van der Waals surface area (Å²) in [4.78, 5) is 30.5. The van der Waals surface area contributed by atoms with Gasteiger partial charge in [0.2, 0.25) is 5.91 Å². The van der Waals surface area contributed by atoms with Crippen molar-refractivity contribution in [2.45, 2.75) is 26.2 Å². The Morgan fingerprint density at radius 1 is 1.19 bits per heavy atom. The minimum absolute atomic E-state index is 0.0907. The second-order valence-corrected chi connectivity index (χ2v) is 9.53. The van der Waals surface area contributed by atoms with Crippen molar-refractivity contribution in [3.8, 4) is 5.75 Å². The number of nitrogens with one attached hydrogen (secondary N) is 1. The van der Waals surface area contributed by atoms with E-state index in [9.17, 15) is 9.59 Å². The molecule has 1 aromatic heterocycles. The van der Waals surface area contributed by atoms with Gasteiger partial charge in [0.25, 0.3) is 5.91 Å². The molecule has 2 amide bonds. The highest BCUT2D eigenvalue weighted by Crippen LogP contribution is 2.39. The van der Waals surface area contributed by atoms with Crippen LogP contribution in [0.4, 0.5) is 10.7 Å². The van der Waals surface area contributed by atoms with E-state index >= 15 is 0 Å². The van der Waals surface area contributed by atoms with E-state index < -0.39 is 5.91 Å². The van der Waals surface area contributed by atoms with E-state index in [0.717, 1.165) is 62.4 Å². The lowest BCUT2D eigenvalue weighted by atomic mass is 9.88. The maximum atomic E-state index is 12.7. The largest absolute Gasteiger partial charge is 0.497 e. The summed E-state index contributed by atoms with van der Waals surface area (Å²) in [6, 6.07) is 8.05. The zero-order chi connectivity index (χ0) is 22.0. The second kappa shape index (κ2) is 9.28. The van der Waals surface area contributed by atoms with Crippen molar-refractivity contribution in [3.63, 3.8) is 0 Å². The van der Waals surface area contributed by atoms with Crippen molar-refractivity contribution in [1.82, 2.24) is 4.90 Å². The van der Waals surface area contributed by atoms with Crippen LogP contribution in [0, 0.1) is 5.92 Å².